The highest BCUT2D eigenvalue weighted by Crippen LogP contribution is 2.28. The molecule has 0 aliphatic carbocycles. The van der Waals surface area contributed by atoms with Gasteiger partial charge in [-0.05, 0) is 55.3 Å². The summed E-state index contributed by atoms with van der Waals surface area (Å²) in [4.78, 5) is 12.7. The van der Waals surface area contributed by atoms with Crippen LogP contribution >= 0.6 is 0 Å². The number of ether oxygens (including phenoxy) is 2. The van der Waals surface area contributed by atoms with Gasteiger partial charge in [0.15, 0.2) is 11.5 Å². The van der Waals surface area contributed by atoms with Gasteiger partial charge in [0.1, 0.15) is 0 Å². The van der Waals surface area contributed by atoms with Crippen LogP contribution in [0.4, 0.5) is 5.69 Å². The van der Waals surface area contributed by atoms with Crippen molar-refractivity contribution >= 4 is 21.6 Å². The van der Waals surface area contributed by atoms with E-state index in [-0.39, 0.29) is 10.8 Å². The number of methoxy groups -OCH3 is 2. The highest BCUT2D eigenvalue weighted by molar-refractivity contribution is 7.89. The molecule has 0 saturated carbocycles. The highest BCUT2D eigenvalue weighted by Gasteiger charge is 2.23. The average Bonchev–Trinajstić information content (AvgIpc) is 2.73. The smallest absolute Gasteiger partial charge is 0.255 e. The first kappa shape index (κ1) is 22.7. The van der Waals surface area contributed by atoms with Crippen LogP contribution in [0.1, 0.15) is 37.0 Å². The topological polar surface area (TPSA) is 84.9 Å². The Labute approximate surface area is 172 Å². The molecule has 0 radical (unpaired) electrons. The van der Waals surface area contributed by atoms with Gasteiger partial charge in [0, 0.05) is 24.3 Å². The second-order valence-electron chi connectivity index (χ2n) is 6.45. The zero-order chi connectivity index (χ0) is 21.4. The summed E-state index contributed by atoms with van der Waals surface area (Å²) in [6, 6.07) is 11.1. The third-order valence-electron chi connectivity index (χ3n) is 4.34. The fraction of sp³-hybridized carbons (Fsp3) is 0.381. The number of nitrogens with one attached hydrogen (secondary N) is 1. The summed E-state index contributed by atoms with van der Waals surface area (Å²) in [5, 5.41) is 2.76. The molecule has 0 heterocycles. The second kappa shape index (κ2) is 10.3. The van der Waals surface area contributed by atoms with Crippen molar-refractivity contribution in [2.75, 3.05) is 32.6 Å². The Kier molecular flexibility index (Phi) is 8.04. The lowest BCUT2D eigenvalue weighted by Gasteiger charge is -2.21. The molecule has 0 fully saturated rings. The summed E-state index contributed by atoms with van der Waals surface area (Å²) < 4.78 is 37.5. The van der Waals surface area contributed by atoms with Gasteiger partial charge in [-0.1, -0.05) is 13.8 Å². The molecular formula is C21H28N2O5S. The fourth-order valence-corrected chi connectivity index (χ4v) is 4.52. The van der Waals surface area contributed by atoms with E-state index in [0.29, 0.717) is 35.8 Å². The number of amides is 1. The number of carbonyl (C=O) groups excluding carboxylic acids is 1. The van der Waals surface area contributed by atoms with Gasteiger partial charge < -0.3 is 14.8 Å². The minimum atomic E-state index is -3.55. The van der Waals surface area contributed by atoms with Crippen molar-refractivity contribution in [2.24, 2.45) is 0 Å². The van der Waals surface area contributed by atoms with Gasteiger partial charge in [-0.15, -0.1) is 0 Å². The van der Waals surface area contributed by atoms with Gasteiger partial charge in [-0.25, -0.2) is 8.42 Å². The van der Waals surface area contributed by atoms with Crippen LogP contribution < -0.4 is 14.8 Å². The molecule has 2 rings (SSSR count). The van der Waals surface area contributed by atoms with Gasteiger partial charge in [-0.3, -0.25) is 4.79 Å². The molecule has 158 valence electrons. The summed E-state index contributed by atoms with van der Waals surface area (Å²) in [6.07, 6.45) is 1.50. The Bertz CT molecular complexity index is 921. The highest BCUT2D eigenvalue weighted by atomic mass is 32.2. The van der Waals surface area contributed by atoms with Crippen LogP contribution in [0.15, 0.2) is 47.4 Å². The largest absolute Gasteiger partial charge is 0.493 e. The van der Waals surface area contributed by atoms with Crippen molar-refractivity contribution in [1.29, 1.82) is 0 Å². The Morgan fingerprint density at radius 2 is 1.52 bits per heavy atom. The average molecular weight is 421 g/mol. The number of rotatable bonds is 10. The maximum absolute atomic E-state index is 12.8. The lowest BCUT2D eigenvalue weighted by atomic mass is 10.2. The van der Waals surface area contributed by atoms with Crippen LogP contribution in [-0.4, -0.2) is 45.9 Å². The first-order valence-electron chi connectivity index (χ1n) is 9.50. The molecule has 0 saturated heterocycles. The molecule has 0 spiro atoms. The molecule has 0 aliphatic rings. The van der Waals surface area contributed by atoms with E-state index in [0.717, 1.165) is 12.8 Å². The first-order chi connectivity index (χ1) is 13.9. The van der Waals surface area contributed by atoms with E-state index in [1.165, 1.54) is 30.7 Å². The lowest BCUT2D eigenvalue weighted by molar-refractivity contribution is 0.102. The summed E-state index contributed by atoms with van der Waals surface area (Å²) in [5.74, 6) is 0.649. The molecule has 7 nitrogen and oxygen atoms in total. The Morgan fingerprint density at radius 3 is 2.03 bits per heavy atom. The predicted molar refractivity (Wildman–Crippen MR) is 113 cm³/mol. The number of anilines is 1. The van der Waals surface area contributed by atoms with Gasteiger partial charge in [0.05, 0.1) is 19.1 Å². The van der Waals surface area contributed by atoms with Crippen LogP contribution in [0.3, 0.4) is 0 Å². The van der Waals surface area contributed by atoms with E-state index >= 15 is 0 Å². The number of carbonyl (C=O) groups is 1. The van der Waals surface area contributed by atoms with Crippen LogP contribution in [0.25, 0.3) is 0 Å². The molecule has 1 N–H and O–H groups in total. The standard InChI is InChI=1S/C21H28N2O5S/c1-5-13-23(14-6-2)29(25,26)18-10-8-17(9-11-18)22-21(24)16-7-12-19(27-3)20(15-16)28-4/h7-12,15H,5-6,13-14H2,1-4H3,(H,22,24). The van der Waals surface area contributed by atoms with E-state index < -0.39 is 10.0 Å². The predicted octanol–water partition coefficient (Wildman–Crippen LogP) is 3.77. The van der Waals surface area contributed by atoms with Crippen molar-refractivity contribution in [3.8, 4) is 11.5 Å². The Morgan fingerprint density at radius 1 is 0.931 bits per heavy atom. The van der Waals surface area contributed by atoms with Crippen molar-refractivity contribution in [1.82, 2.24) is 4.31 Å². The molecule has 0 aromatic heterocycles. The Balaban J connectivity index is 2.17. The van der Waals surface area contributed by atoms with E-state index in [1.54, 1.807) is 30.3 Å². The zero-order valence-corrected chi connectivity index (χ0v) is 18.1. The van der Waals surface area contributed by atoms with Crippen LogP contribution in [0.2, 0.25) is 0 Å². The maximum Gasteiger partial charge on any atom is 0.255 e. The van der Waals surface area contributed by atoms with Crippen molar-refractivity contribution < 1.29 is 22.7 Å². The number of benzene rings is 2. The second-order valence-corrected chi connectivity index (χ2v) is 8.39. The van der Waals surface area contributed by atoms with Crippen LogP contribution in [0, 0.1) is 0 Å². The third kappa shape index (κ3) is 5.48. The summed E-state index contributed by atoms with van der Waals surface area (Å²) in [6.45, 7) is 4.86. The number of hydrogen-bond acceptors (Lipinski definition) is 5. The third-order valence-corrected chi connectivity index (χ3v) is 6.25. The Hall–Kier alpha value is -2.58. The van der Waals surface area contributed by atoms with Gasteiger partial charge >= 0.3 is 0 Å². The zero-order valence-electron chi connectivity index (χ0n) is 17.3. The molecule has 8 heteroatoms. The van der Waals surface area contributed by atoms with Gasteiger partial charge in [-0.2, -0.15) is 4.31 Å². The molecule has 2 aromatic carbocycles. The van der Waals surface area contributed by atoms with Crippen molar-refractivity contribution in [3.63, 3.8) is 0 Å². The van der Waals surface area contributed by atoms with Crippen LogP contribution in [0.5, 0.6) is 11.5 Å². The first-order valence-corrected chi connectivity index (χ1v) is 10.9. The van der Waals surface area contributed by atoms with Crippen molar-refractivity contribution in [2.45, 2.75) is 31.6 Å². The number of hydrogen-bond donors (Lipinski definition) is 1. The van der Waals surface area contributed by atoms with Crippen molar-refractivity contribution in [3.05, 3.63) is 48.0 Å². The molecule has 29 heavy (non-hydrogen) atoms. The minimum absolute atomic E-state index is 0.212. The minimum Gasteiger partial charge on any atom is -0.493 e. The molecular weight excluding hydrogens is 392 g/mol. The number of nitrogens with zero attached hydrogens (tertiary/aromatic N) is 1. The number of sulfonamides is 1. The molecule has 0 unspecified atom stereocenters. The summed E-state index contributed by atoms with van der Waals surface area (Å²) in [5.41, 5.74) is 0.901. The molecule has 0 atom stereocenters. The molecule has 2 aromatic rings. The molecule has 0 aliphatic heterocycles. The van der Waals surface area contributed by atoms with Gasteiger partial charge in [0.25, 0.3) is 5.91 Å². The van der Waals surface area contributed by atoms with E-state index in [4.69, 9.17) is 9.47 Å². The summed E-state index contributed by atoms with van der Waals surface area (Å²) >= 11 is 0. The fourth-order valence-electron chi connectivity index (χ4n) is 2.89. The quantitative estimate of drug-likeness (QED) is 0.632. The summed E-state index contributed by atoms with van der Waals surface area (Å²) in [7, 11) is -0.527. The SMILES string of the molecule is CCCN(CCC)S(=O)(=O)c1ccc(NC(=O)c2ccc(OC)c(OC)c2)cc1. The monoisotopic (exact) mass is 420 g/mol. The lowest BCUT2D eigenvalue weighted by Crippen LogP contribution is -2.32. The van der Waals surface area contributed by atoms with Crippen LogP contribution in [-0.2, 0) is 10.0 Å². The normalized spacial score (nSPS) is 11.3. The van der Waals surface area contributed by atoms with E-state index in [1.807, 2.05) is 13.8 Å². The molecule has 0 bridgehead atoms. The van der Waals surface area contributed by atoms with Gasteiger partial charge in [0.2, 0.25) is 10.0 Å². The maximum atomic E-state index is 12.8. The van der Waals surface area contributed by atoms with E-state index in [9.17, 15) is 13.2 Å². The van der Waals surface area contributed by atoms with E-state index in [2.05, 4.69) is 5.32 Å². The molecule has 1 amide bonds.